The van der Waals surface area contributed by atoms with Gasteiger partial charge in [-0.15, -0.1) is 0 Å². The number of carbonyl (C=O) groups excluding carboxylic acids is 2. The standard InChI is InChI=1S/C19H31NO7S/c1-5-19(24)15(11-21)10-18(23,12-17(19,2)3)13-28(25,26)20-8-6-14(7-9-20)16(22)27-4/h10-11,14,23-24H,5-9,12-13H2,1-4H3. The molecule has 0 amide bonds. The van der Waals surface area contributed by atoms with Crippen molar-refractivity contribution in [2.24, 2.45) is 11.3 Å². The molecule has 2 aliphatic rings. The van der Waals surface area contributed by atoms with E-state index >= 15 is 0 Å². The van der Waals surface area contributed by atoms with Gasteiger partial charge in [-0.25, -0.2) is 12.7 Å². The van der Waals surface area contributed by atoms with Gasteiger partial charge in [0.25, 0.3) is 0 Å². The Hall–Kier alpha value is -1.29. The Labute approximate surface area is 166 Å². The second-order valence-electron chi connectivity index (χ2n) is 8.55. The summed E-state index contributed by atoms with van der Waals surface area (Å²) in [7, 11) is -2.53. The minimum absolute atomic E-state index is 0.000461. The Kier molecular flexibility index (Phi) is 6.45. The lowest BCUT2D eigenvalue weighted by Gasteiger charge is -2.50. The van der Waals surface area contributed by atoms with Gasteiger partial charge in [0.05, 0.1) is 30.0 Å². The first kappa shape index (κ1) is 23.0. The Morgan fingerprint density at radius 3 is 2.36 bits per heavy atom. The van der Waals surface area contributed by atoms with Crippen molar-refractivity contribution in [1.82, 2.24) is 4.31 Å². The van der Waals surface area contributed by atoms with Gasteiger partial charge in [0.1, 0.15) is 6.29 Å². The minimum atomic E-state index is -3.83. The number of rotatable bonds is 6. The molecule has 0 aromatic heterocycles. The molecule has 0 aromatic rings. The van der Waals surface area contributed by atoms with Crippen molar-refractivity contribution >= 4 is 22.3 Å². The van der Waals surface area contributed by atoms with Crippen LogP contribution >= 0.6 is 0 Å². The second-order valence-corrected chi connectivity index (χ2v) is 10.5. The average Bonchev–Trinajstić information content (AvgIpc) is 2.63. The number of esters is 1. The highest BCUT2D eigenvalue weighted by atomic mass is 32.2. The van der Waals surface area contributed by atoms with Crippen LogP contribution in [0.15, 0.2) is 11.6 Å². The third-order valence-corrected chi connectivity index (χ3v) is 8.24. The molecule has 2 unspecified atom stereocenters. The van der Waals surface area contributed by atoms with Gasteiger partial charge in [-0.05, 0) is 31.8 Å². The van der Waals surface area contributed by atoms with Crippen molar-refractivity contribution in [1.29, 1.82) is 0 Å². The number of aldehydes is 1. The molecular weight excluding hydrogens is 386 g/mol. The average molecular weight is 418 g/mol. The highest BCUT2D eigenvalue weighted by Gasteiger charge is 2.54. The van der Waals surface area contributed by atoms with Crippen LogP contribution in [0.3, 0.4) is 0 Å². The van der Waals surface area contributed by atoms with E-state index in [0.717, 1.165) is 0 Å². The lowest BCUT2D eigenvalue weighted by Crippen LogP contribution is -2.57. The number of hydrogen-bond acceptors (Lipinski definition) is 7. The normalized spacial score (nSPS) is 31.9. The molecule has 0 spiro atoms. The van der Waals surface area contributed by atoms with E-state index in [1.54, 1.807) is 20.8 Å². The SMILES string of the molecule is CCC1(O)C(C=O)=CC(O)(CS(=O)(=O)N2CCC(C(=O)OC)CC2)CC1(C)C. The molecule has 1 saturated heterocycles. The van der Waals surface area contributed by atoms with Gasteiger partial charge in [0.2, 0.25) is 10.0 Å². The van der Waals surface area contributed by atoms with Gasteiger partial charge in [-0.2, -0.15) is 0 Å². The number of ether oxygens (including phenoxy) is 1. The van der Waals surface area contributed by atoms with Gasteiger partial charge in [0.15, 0.2) is 0 Å². The van der Waals surface area contributed by atoms with Gasteiger partial charge >= 0.3 is 5.97 Å². The zero-order valence-electron chi connectivity index (χ0n) is 17.0. The number of hydrogen-bond donors (Lipinski definition) is 2. The molecule has 160 valence electrons. The fourth-order valence-corrected chi connectivity index (χ4v) is 6.38. The summed E-state index contributed by atoms with van der Waals surface area (Å²) in [4.78, 5) is 23.2. The molecule has 1 aliphatic heterocycles. The second kappa shape index (κ2) is 7.85. The highest BCUT2D eigenvalue weighted by molar-refractivity contribution is 7.89. The van der Waals surface area contributed by atoms with Crippen molar-refractivity contribution in [2.45, 2.75) is 57.7 Å². The van der Waals surface area contributed by atoms with E-state index in [9.17, 15) is 28.2 Å². The molecule has 0 bridgehead atoms. The van der Waals surface area contributed by atoms with Crippen LogP contribution in [0.5, 0.6) is 0 Å². The summed E-state index contributed by atoms with van der Waals surface area (Å²) in [5, 5.41) is 22.0. The first-order chi connectivity index (χ1) is 12.8. The Bertz CT molecular complexity index is 752. The summed E-state index contributed by atoms with van der Waals surface area (Å²) < 4.78 is 31.8. The first-order valence-corrected chi connectivity index (χ1v) is 11.1. The van der Waals surface area contributed by atoms with E-state index in [4.69, 9.17) is 4.74 Å². The van der Waals surface area contributed by atoms with Crippen molar-refractivity contribution in [3.8, 4) is 0 Å². The fraction of sp³-hybridized carbons (Fsp3) is 0.789. The molecule has 0 radical (unpaired) electrons. The quantitative estimate of drug-likeness (QED) is 0.480. The van der Waals surface area contributed by atoms with E-state index in [1.807, 2.05) is 0 Å². The maximum Gasteiger partial charge on any atom is 0.308 e. The lowest BCUT2D eigenvalue weighted by atomic mass is 9.60. The molecule has 8 nitrogen and oxygen atoms in total. The summed E-state index contributed by atoms with van der Waals surface area (Å²) in [6.45, 7) is 5.51. The molecule has 2 atom stereocenters. The lowest BCUT2D eigenvalue weighted by molar-refractivity contribution is -0.146. The van der Waals surface area contributed by atoms with E-state index in [1.165, 1.54) is 17.5 Å². The fourth-order valence-electron chi connectivity index (χ4n) is 4.61. The van der Waals surface area contributed by atoms with Crippen LogP contribution < -0.4 is 0 Å². The van der Waals surface area contributed by atoms with Crippen molar-refractivity contribution in [3.05, 3.63) is 11.6 Å². The minimum Gasteiger partial charge on any atom is -0.469 e. The van der Waals surface area contributed by atoms with E-state index in [0.29, 0.717) is 19.1 Å². The summed E-state index contributed by atoms with van der Waals surface area (Å²) >= 11 is 0. The molecule has 0 saturated carbocycles. The number of nitrogens with zero attached hydrogens (tertiary/aromatic N) is 1. The largest absolute Gasteiger partial charge is 0.469 e. The molecule has 28 heavy (non-hydrogen) atoms. The topological polar surface area (TPSA) is 121 Å². The van der Waals surface area contributed by atoms with Crippen LogP contribution in [0.1, 0.15) is 46.5 Å². The summed E-state index contributed by atoms with van der Waals surface area (Å²) in [5.41, 5.74) is -4.08. The molecule has 9 heteroatoms. The van der Waals surface area contributed by atoms with Crippen LogP contribution in [-0.4, -0.2) is 72.3 Å². The van der Waals surface area contributed by atoms with Gasteiger partial charge in [-0.3, -0.25) is 9.59 Å². The first-order valence-electron chi connectivity index (χ1n) is 9.53. The van der Waals surface area contributed by atoms with E-state index in [-0.39, 0.29) is 43.4 Å². The number of carbonyl (C=O) groups is 2. The number of methoxy groups -OCH3 is 1. The molecule has 1 aliphatic carbocycles. The predicted molar refractivity (Wildman–Crippen MR) is 103 cm³/mol. The predicted octanol–water partition coefficient (Wildman–Crippen LogP) is 0.629. The molecule has 1 heterocycles. The van der Waals surface area contributed by atoms with Crippen molar-refractivity contribution in [3.63, 3.8) is 0 Å². The van der Waals surface area contributed by atoms with Crippen LogP contribution in [-0.2, 0) is 24.3 Å². The van der Waals surface area contributed by atoms with Gasteiger partial charge in [-0.1, -0.05) is 20.8 Å². The number of aliphatic hydroxyl groups is 2. The summed E-state index contributed by atoms with van der Waals surface area (Å²) in [6, 6.07) is 0. The Morgan fingerprint density at radius 2 is 1.89 bits per heavy atom. The molecule has 2 rings (SSSR count). The molecule has 2 N–H and O–H groups in total. The van der Waals surface area contributed by atoms with Crippen molar-refractivity contribution < 1.29 is 33.0 Å². The van der Waals surface area contributed by atoms with Crippen LogP contribution in [0, 0.1) is 11.3 Å². The number of piperidine rings is 1. The third-order valence-electron chi connectivity index (χ3n) is 6.22. The zero-order chi connectivity index (χ0) is 21.4. The molecule has 0 aromatic carbocycles. The Morgan fingerprint density at radius 1 is 1.32 bits per heavy atom. The van der Waals surface area contributed by atoms with Crippen LogP contribution in [0.25, 0.3) is 0 Å². The number of sulfonamides is 1. The maximum absolute atomic E-state index is 12.9. The third kappa shape index (κ3) is 4.17. The van der Waals surface area contributed by atoms with Gasteiger partial charge < -0.3 is 14.9 Å². The highest BCUT2D eigenvalue weighted by Crippen LogP contribution is 2.49. The van der Waals surface area contributed by atoms with E-state index in [2.05, 4.69) is 0 Å². The maximum atomic E-state index is 12.9. The van der Waals surface area contributed by atoms with Crippen LogP contribution in [0.4, 0.5) is 0 Å². The van der Waals surface area contributed by atoms with Crippen molar-refractivity contribution in [2.75, 3.05) is 26.0 Å². The van der Waals surface area contributed by atoms with Crippen LogP contribution in [0.2, 0.25) is 0 Å². The summed E-state index contributed by atoms with van der Waals surface area (Å²) in [6.07, 6.45) is 2.69. The van der Waals surface area contributed by atoms with E-state index < -0.39 is 32.4 Å². The molecular formula is C19H31NO7S. The van der Waals surface area contributed by atoms with Gasteiger partial charge in [0, 0.05) is 24.1 Å². The zero-order valence-corrected chi connectivity index (χ0v) is 17.8. The smallest absolute Gasteiger partial charge is 0.308 e. The molecule has 1 fully saturated rings. The summed E-state index contributed by atoms with van der Waals surface area (Å²) in [5.74, 6) is -1.25. The monoisotopic (exact) mass is 417 g/mol. The Balaban J connectivity index is 2.23.